The molecule has 124 valence electrons. The van der Waals surface area contributed by atoms with Crippen molar-refractivity contribution < 1.29 is 9.59 Å². The number of carbonyl (C=O) groups is 2. The Hall–Kier alpha value is -3.03. The Morgan fingerprint density at radius 3 is 2.88 bits per heavy atom. The van der Waals surface area contributed by atoms with Crippen LogP contribution in [-0.4, -0.2) is 38.2 Å². The van der Waals surface area contributed by atoms with Gasteiger partial charge in [0.1, 0.15) is 0 Å². The van der Waals surface area contributed by atoms with Gasteiger partial charge in [0.25, 0.3) is 0 Å². The van der Waals surface area contributed by atoms with Gasteiger partial charge in [-0.25, -0.2) is 9.97 Å². The first-order valence-electron chi connectivity index (χ1n) is 7.62. The van der Waals surface area contributed by atoms with E-state index in [0.29, 0.717) is 25.3 Å². The molecule has 3 N–H and O–H groups in total. The van der Waals surface area contributed by atoms with Gasteiger partial charge in [0.15, 0.2) is 0 Å². The van der Waals surface area contributed by atoms with E-state index in [9.17, 15) is 9.59 Å². The van der Waals surface area contributed by atoms with Gasteiger partial charge in [-0.15, -0.1) is 0 Å². The first kappa shape index (κ1) is 15.9. The van der Waals surface area contributed by atoms with Crippen molar-refractivity contribution in [2.24, 2.45) is 0 Å². The zero-order valence-corrected chi connectivity index (χ0v) is 13.3. The molecule has 0 bridgehead atoms. The molecule has 0 atom stereocenters. The molecule has 0 saturated heterocycles. The molecule has 0 radical (unpaired) electrons. The fraction of sp³-hybridized carbons (Fsp3) is 0.312. The minimum absolute atomic E-state index is 0.0440. The van der Waals surface area contributed by atoms with E-state index < -0.39 is 0 Å². The summed E-state index contributed by atoms with van der Waals surface area (Å²) in [5.41, 5.74) is 9.02. The van der Waals surface area contributed by atoms with E-state index in [4.69, 9.17) is 5.73 Å². The van der Waals surface area contributed by atoms with Gasteiger partial charge in [0.2, 0.25) is 17.8 Å². The highest BCUT2D eigenvalue weighted by Gasteiger charge is 2.28. The monoisotopic (exact) mass is 326 g/mol. The highest BCUT2D eigenvalue weighted by molar-refractivity contribution is 5.79. The van der Waals surface area contributed by atoms with Crippen molar-refractivity contribution in [3.05, 3.63) is 35.8 Å². The number of hydrogen-bond donors (Lipinski definition) is 2. The summed E-state index contributed by atoms with van der Waals surface area (Å²) < 4.78 is 0. The molecule has 0 aromatic carbocycles. The molecule has 2 aromatic rings. The van der Waals surface area contributed by atoms with Gasteiger partial charge >= 0.3 is 0 Å². The highest BCUT2D eigenvalue weighted by Crippen LogP contribution is 2.30. The fourth-order valence-corrected chi connectivity index (χ4v) is 2.70. The molecule has 0 fully saturated rings. The van der Waals surface area contributed by atoms with Crippen LogP contribution in [0.3, 0.4) is 0 Å². The Morgan fingerprint density at radius 2 is 2.17 bits per heavy atom. The predicted molar refractivity (Wildman–Crippen MR) is 87.2 cm³/mol. The molecule has 2 amide bonds. The maximum atomic E-state index is 12.3. The molecule has 0 saturated carbocycles. The zero-order chi connectivity index (χ0) is 17.1. The van der Waals surface area contributed by atoms with Crippen LogP contribution in [0.25, 0.3) is 11.3 Å². The fourth-order valence-electron chi connectivity index (χ4n) is 2.70. The first-order chi connectivity index (χ1) is 11.5. The quantitative estimate of drug-likeness (QED) is 0.845. The van der Waals surface area contributed by atoms with Crippen LogP contribution < -0.4 is 11.1 Å². The maximum Gasteiger partial charge on any atom is 0.224 e. The van der Waals surface area contributed by atoms with Crippen LogP contribution >= 0.6 is 0 Å². The lowest BCUT2D eigenvalue weighted by Crippen LogP contribution is -2.30. The Morgan fingerprint density at radius 1 is 1.33 bits per heavy atom. The lowest BCUT2D eigenvalue weighted by atomic mass is 10.1. The summed E-state index contributed by atoms with van der Waals surface area (Å²) in [7, 11) is 0. The number of amides is 2. The molecule has 1 aliphatic heterocycles. The van der Waals surface area contributed by atoms with E-state index in [2.05, 4.69) is 20.3 Å². The molecule has 3 heterocycles. The smallest absolute Gasteiger partial charge is 0.224 e. The predicted octanol–water partition coefficient (Wildman–Crippen LogP) is 0.489. The van der Waals surface area contributed by atoms with Crippen molar-refractivity contribution >= 4 is 17.8 Å². The molecular formula is C16H18N6O2. The molecule has 0 spiro atoms. The summed E-state index contributed by atoms with van der Waals surface area (Å²) in [5.74, 6) is -0.0115. The average molecular weight is 326 g/mol. The van der Waals surface area contributed by atoms with Gasteiger partial charge in [0, 0.05) is 43.4 Å². The number of rotatable bonds is 4. The summed E-state index contributed by atoms with van der Waals surface area (Å²) in [6.45, 7) is 2.58. The van der Waals surface area contributed by atoms with Crippen LogP contribution in [0.15, 0.2) is 24.5 Å². The number of carbonyl (C=O) groups excluding carboxylic acids is 2. The third-order valence-corrected chi connectivity index (χ3v) is 3.80. The molecule has 8 heteroatoms. The zero-order valence-electron chi connectivity index (χ0n) is 13.3. The van der Waals surface area contributed by atoms with Gasteiger partial charge in [0.05, 0.1) is 24.5 Å². The van der Waals surface area contributed by atoms with Crippen LogP contribution in [-0.2, 0) is 22.7 Å². The van der Waals surface area contributed by atoms with E-state index in [1.165, 1.54) is 6.92 Å². The number of nitrogens with zero attached hydrogens (tertiary/aromatic N) is 4. The number of aromatic nitrogens is 3. The van der Waals surface area contributed by atoms with Crippen LogP contribution in [0.1, 0.15) is 24.6 Å². The highest BCUT2D eigenvalue weighted by atomic mass is 16.2. The van der Waals surface area contributed by atoms with E-state index >= 15 is 0 Å². The van der Waals surface area contributed by atoms with Gasteiger partial charge < -0.3 is 16.0 Å². The summed E-state index contributed by atoms with van der Waals surface area (Å²) in [6, 6.07) is 3.72. The van der Waals surface area contributed by atoms with E-state index in [0.717, 1.165) is 16.8 Å². The Labute approximate surface area is 139 Å². The number of nitrogens with one attached hydrogen (secondary N) is 1. The SMILES string of the molecule is CC(=O)NCCC(=O)N1Cc2nc(N)nc(-c3cccnc3)c2C1. The summed E-state index contributed by atoms with van der Waals surface area (Å²) in [4.78, 5) is 37.6. The number of hydrogen-bond acceptors (Lipinski definition) is 6. The van der Waals surface area contributed by atoms with Crippen molar-refractivity contribution in [2.75, 3.05) is 12.3 Å². The number of fused-ring (bicyclic) bond motifs is 1. The van der Waals surface area contributed by atoms with Crippen molar-refractivity contribution in [2.45, 2.75) is 26.4 Å². The second kappa shape index (κ2) is 6.61. The first-order valence-corrected chi connectivity index (χ1v) is 7.62. The van der Waals surface area contributed by atoms with Crippen LogP contribution in [0.5, 0.6) is 0 Å². The molecule has 1 aliphatic rings. The van der Waals surface area contributed by atoms with Crippen molar-refractivity contribution in [1.29, 1.82) is 0 Å². The molecule has 2 aromatic heterocycles. The number of anilines is 1. The third-order valence-electron chi connectivity index (χ3n) is 3.80. The minimum atomic E-state index is -0.148. The molecule has 8 nitrogen and oxygen atoms in total. The van der Waals surface area contributed by atoms with Crippen molar-refractivity contribution in [3.63, 3.8) is 0 Å². The third kappa shape index (κ3) is 3.32. The lowest BCUT2D eigenvalue weighted by Gasteiger charge is -2.15. The number of nitrogen functional groups attached to an aromatic ring is 1. The standard InChI is InChI=1S/C16H18N6O2/c1-10(23)19-6-4-14(24)22-8-12-13(9-22)20-16(17)21-15(12)11-3-2-5-18-7-11/h2-3,5,7H,4,6,8-9H2,1H3,(H,19,23)(H2,17,20,21). The second-order valence-corrected chi connectivity index (χ2v) is 5.58. The van der Waals surface area contributed by atoms with Crippen LogP contribution in [0.4, 0.5) is 5.95 Å². The summed E-state index contributed by atoms with van der Waals surface area (Å²) in [5, 5.41) is 2.62. The van der Waals surface area contributed by atoms with E-state index in [-0.39, 0.29) is 24.2 Å². The second-order valence-electron chi connectivity index (χ2n) is 5.58. The minimum Gasteiger partial charge on any atom is -0.368 e. The summed E-state index contributed by atoms with van der Waals surface area (Å²) in [6.07, 6.45) is 3.65. The Kier molecular flexibility index (Phi) is 4.37. The van der Waals surface area contributed by atoms with Crippen molar-refractivity contribution in [3.8, 4) is 11.3 Å². The summed E-state index contributed by atoms with van der Waals surface area (Å²) >= 11 is 0. The van der Waals surface area contributed by atoms with E-state index in [1.807, 2.05) is 12.1 Å². The van der Waals surface area contributed by atoms with Gasteiger partial charge in [-0.2, -0.15) is 0 Å². The normalized spacial score (nSPS) is 12.8. The number of nitrogens with two attached hydrogens (primary N) is 1. The maximum absolute atomic E-state index is 12.3. The lowest BCUT2D eigenvalue weighted by molar-refractivity contribution is -0.131. The van der Waals surface area contributed by atoms with E-state index in [1.54, 1.807) is 17.3 Å². The molecule has 0 aliphatic carbocycles. The molecule has 0 unspecified atom stereocenters. The van der Waals surface area contributed by atoms with Gasteiger partial charge in [-0.3, -0.25) is 14.6 Å². The van der Waals surface area contributed by atoms with Gasteiger partial charge in [-0.05, 0) is 12.1 Å². The topological polar surface area (TPSA) is 114 Å². The van der Waals surface area contributed by atoms with Gasteiger partial charge in [-0.1, -0.05) is 0 Å². The largest absolute Gasteiger partial charge is 0.368 e. The van der Waals surface area contributed by atoms with Crippen molar-refractivity contribution in [1.82, 2.24) is 25.2 Å². The van der Waals surface area contributed by atoms with Crippen LogP contribution in [0, 0.1) is 0 Å². The Balaban J connectivity index is 1.80. The number of pyridine rings is 1. The Bertz CT molecular complexity index is 778. The molecular weight excluding hydrogens is 308 g/mol. The van der Waals surface area contributed by atoms with Crippen LogP contribution in [0.2, 0.25) is 0 Å². The molecule has 24 heavy (non-hydrogen) atoms. The molecule has 3 rings (SSSR count). The average Bonchev–Trinajstić information content (AvgIpc) is 2.98.